The van der Waals surface area contributed by atoms with Crippen LogP contribution >= 0.6 is 0 Å². The van der Waals surface area contributed by atoms with Crippen molar-refractivity contribution in [1.82, 2.24) is 10.9 Å². The standard InChI is InChI=1S/C22H24N4O4/c1-15-18(22(28)26-24-15)9-11-21(27)25-23-13-17-8-10-19(29-2)20(12-17)30-14-16-6-4-3-5-7-16/h3-8,10,12-13,18H,9,11,14H2,1-2H3,(H,25,27)(H,26,28)/b23-13-. The Labute approximate surface area is 175 Å². The van der Waals surface area contributed by atoms with Crippen molar-refractivity contribution in [2.75, 3.05) is 7.11 Å². The van der Waals surface area contributed by atoms with Gasteiger partial charge in [0.1, 0.15) is 6.61 Å². The average molecular weight is 408 g/mol. The summed E-state index contributed by atoms with van der Waals surface area (Å²) in [6.45, 7) is 2.17. The van der Waals surface area contributed by atoms with Crippen LogP contribution < -0.4 is 20.3 Å². The smallest absolute Gasteiger partial charge is 0.248 e. The number of amides is 2. The van der Waals surface area contributed by atoms with Crippen LogP contribution in [-0.4, -0.2) is 30.9 Å². The van der Waals surface area contributed by atoms with Gasteiger partial charge in [-0.3, -0.25) is 9.59 Å². The molecule has 1 aliphatic heterocycles. The lowest BCUT2D eigenvalue weighted by atomic mass is 9.99. The van der Waals surface area contributed by atoms with E-state index in [1.807, 2.05) is 36.4 Å². The highest BCUT2D eigenvalue weighted by atomic mass is 16.5. The van der Waals surface area contributed by atoms with Crippen molar-refractivity contribution >= 4 is 23.7 Å². The summed E-state index contributed by atoms with van der Waals surface area (Å²) in [5, 5.41) is 7.86. The number of benzene rings is 2. The highest BCUT2D eigenvalue weighted by molar-refractivity contribution is 6.07. The van der Waals surface area contributed by atoms with E-state index in [1.54, 1.807) is 26.2 Å². The summed E-state index contributed by atoms with van der Waals surface area (Å²) in [7, 11) is 1.58. The molecule has 0 aliphatic carbocycles. The third-order valence-electron chi connectivity index (χ3n) is 4.65. The van der Waals surface area contributed by atoms with E-state index in [4.69, 9.17) is 9.47 Å². The molecule has 0 bridgehead atoms. The predicted molar refractivity (Wildman–Crippen MR) is 113 cm³/mol. The number of nitrogens with one attached hydrogen (secondary N) is 2. The molecule has 1 heterocycles. The molecule has 1 aliphatic rings. The molecular weight excluding hydrogens is 384 g/mol. The summed E-state index contributed by atoms with van der Waals surface area (Å²) < 4.78 is 11.2. The number of ether oxygens (including phenoxy) is 2. The summed E-state index contributed by atoms with van der Waals surface area (Å²) in [5.74, 6) is 0.390. The third-order valence-corrected chi connectivity index (χ3v) is 4.65. The molecule has 0 saturated carbocycles. The SMILES string of the molecule is COc1ccc(/C=N\NC(=O)CCC2C(=O)NN=C2C)cc1OCc1ccccc1. The molecule has 3 rings (SSSR count). The van der Waals surface area contributed by atoms with Crippen LogP contribution in [0, 0.1) is 5.92 Å². The minimum absolute atomic E-state index is 0.176. The van der Waals surface area contributed by atoms with E-state index < -0.39 is 0 Å². The fourth-order valence-electron chi connectivity index (χ4n) is 2.96. The topological polar surface area (TPSA) is 101 Å². The van der Waals surface area contributed by atoms with Gasteiger partial charge >= 0.3 is 0 Å². The Balaban J connectivity index is 1.53. The van der Waals surface area contributed by atoms with E-state index in [0.717, 1.165) is 11.1 Å². The zero-order valence-electron chi connectivity index (χ0n) is 16.9. The first-order chi connectivity index (χ1) is 14.6. The molecule has 1 atom stereocenters. The second kappa shape index (κ2) is 10.2. The van der Waals surface area contributed by atoms with E-state index in [-0.39, 0.29) is 24.2 Å². The Morgan fingerprint density at radius 2 is 2.03 bits per heavy atom. The van der Waals surface area contributed by atoms with Crippen LogP contribution in [0.1, 0.15) is 30.9 Å². The fraction of sp³-hybridized carbons (Fsp3) is 0.273. The van der Waals surface area contributed by atoms with Gasteiger partial charge in [0.05, 0.1) is 19.2 Å². The van der Waals surface area contributed by atoms with Gasteiger partial charge in [-0.15, -0.1) is 0 Å². The van der Waals surface area contributed by atoms with Gasteiger partial charge in [-0.05, 0) is 42.7 Å². The maximum atomic E-state index is 12.0. The molecule has 1 unspecified atom stereocenters. The molecule has 30 heavy (non-hydrogen) atoms. The zero-order valence-corrected chi connectivity index (χ0v) is 16.9. The molecule has 0 radical (unpaired) electrons. The van der Waals surface area contributed by atoms with Crippen molar-refractivity contribution in [2.24, 2.45) is 16.1 Å². The van der Waals surface area contributed by atoms with Crippen LogP contribution in [0.4, 0.5) is 0 Å². The molecule has 0 spiro atoms. The lowest BCUT2D eigenvalue weighted by Crippen LogP contribution is -2.25. The summed E-state index contributed by atoms with van der Waals surface area (Å²) in [4.78, 5) is 23.6. The number of hydrogen-bond donors (Lipinski definition) is 2. The molecule has 2 N–H and O–H groups in total. The van der Waals surface area contributed by atoms with Crippen LogP contribution in [0.25, 0.3) is 0 Å². The fourth-order valence-corrected chi connectivity index (χ4v) is 2.96. The summed E-state index contributed by atoms with van der Waals surface area (Å²) in [6, 6.07) is 15.2. The van der Waals surface area contributed by atoms with Crippen molar-refractivity contribution in [3.8, 4) is 11.5 Å². The van der Waals surface area contributed by atoms with Gasteiger partial charge in [0.15, 0.2) is 11.5 Å². The van der Waals surface area contributed by atoms with Crippen molar-refractivity contribution in [3.05, 3.63) is 59.7 Å². The second-order valence-corrected chi connectivity index (χ2v) is 6.80. The van der Waals surface area contributed by atoms with Gasteiger partial charge in [-0.25, -0.2) is 10.9 Å². The van der Waals surface area contributed by atoms with E-state index in [0.29, 0.717) is 30.2 Å². The van der Waals surface area contributed by atoms with Gasteiger partial charge in [-0.1, -0.05) is 30.3 Å². The van der Waals surface area contributed by atoms with Crippen LogP contribution in [0.5, 0.6) is 11.5 Å². The van der Waals surface area contributed by atoms with E-state index in [2.05, 4.69) is 21.1 Å². The van der Waals surface area contributed by atoms with Crippen LogP contribution in [0.3, 0.4) is 0 Å². The summed E-state index contributed by atoms with van der Waals surface area (Å²) in [5.41, 5.74) is 7.37. The first kappa shape index (κ1) is 21.0. The molecule has 8 nitrogen and oxygen atoms in total. The van der Waals surface area contributed by atoms with Crippen molar-refractivity contribution in [3.63, 3.8) is 0 Å². The van der Waals surface area contributed by atoms with Crippen LogP contribution in [0.15, 0.2) is 58.7 Å². The normalized spacial score (nSPS) is 15.6. The zero-order chi connectivity index (χ0) is 21.3. The minimum atomic E-state index is -0.356. The molecule has 0 saturated heterocycles. The molecule has 0 aromatic heterocycles. The Hall–Kier alpha value is -3.68. The van der Waals surface area contributed by atoms with E-state index in [1.165, 1.54) is 6.21 Å². The molecule has 0 fully saturated rings. The average Bonchev–Trinajstić information content (AvgIpc) is 3.09. The molecule has 8 heteroatoms. The van der Waals surface area contributed by atoms with Gasteiger partial charge in [-0.2, -0.15) is 10.2 Å². The molecule has 2 aromatic rings. The highest BCUT2D eigenvalue weighted by Crippen LogP contribution is 2.28. The molecular formula is C22H24N4O4. The number of rotatable bonds is 9. The number of methoxy groups -OCH3 is 1. The number of hydrogen-bond acceptors (Lipinski definition) is 6. The number of hydrazone groups is 2. The lowest BCUT2D eigenvalue weighted by Gasteiger charge is -2.11. The van der Waals surface area contributed by atoms with E-state index in [9.17, 15) is 9.59 Å². The summed E-state index contributed by atoms with van der Waals surface area (Å²) in [6.07, 6.45) is 2.10. The number of carbonyl (C=O) groups excluding carboxylic acids is 2. The monoisotopic (exact) mass is 408 g/mol. The minimum Gasteiger partial charge on any atom is -0.493 e. The van der Waals surface area contributed by atoms with Crippen molar-refractivity contribution in [1.29, 1.82) is 0 Å². The first-order valence-corrected chi connectivity index (χ1v) is 9.57. The molecule has 2 amide bonds. The van der Waals surface area contributed by atoms with Gasteiger partial charge in [0, 0.05) is 12.1 Å². The van der Waals surface area contributed by atoms with Crippen LogP contribution in [0.2, 0.25) is 0 Å². The largest absolute Gasteiger partial charge is 0.493 e. The third kappa shape index (κ3) is 5.66. The first-order valence-electron chi connectivity index (χ1n) is 9.57. The Bertz CT molecular complexity index is 957. The Kier molecular flexibility index (Phi) is 7.15. The molecule has 156 valence electrons. The van der Waals surface area contributed by atoms with Crippen molar-refractivity contribution < 1.29 is 19.1 Å². The predicted octanol–water partition coefficient (Wildman–Crippen LogP) is 2.63. The molecule has 2 aromatic carbocycles. The lowest BCUT2D eigenvalue weighted by molar-refractivity contribution is -0.123. The number of carbonyl (C=O) groups is 2. The highest BCUT2D eigenvalue weighted by Gasteiger charge is 2.26. The Morgan fingerprint density at radius 3 is 2.73 bits per heavy atom. The summed E-state index contributed by atoms with van der Waals surface area (Å²) >= 11 is 0. The quantitative estimate of drug-likeness (QED) is 0.492. The van der Waals surface area contributed by atoms with Crippen LogP contribution in [-0.2, 0) is 16.2 Å². The van der Waals surface area contributed by atoms with Crippen molar-refractivity contribution in [2.45, 2.75) is 26.4 Å². The maximum absolute atomic E-state index is 12.0. The van der Waals surface area contributed by atoms with Gasteiger partial charge < -0.3 is 9.47 Å². The van der Waals surface area contributed by atoms with Gasteiger partial charge in [0.2, 0.25) is 11.8 Å². The Morgan fingerprint density at radius 1 is 1.23 bits per heavy atom. The number of nitrogens with zero attached hydrogens (tertiary/aromatic N) is 2. The maximum Gasteiger partial charge on any atom is 0.248 e. The van der Waals surface area contributed by atoms with Gasteiger partial charge in [0.25, 0.3) is 0 Å². The second-order valence-electron chi connectivity index (χ2n) is 6.80. The van der Waals surface area contributed by atoms with E-state index >= 15 is 0 Å².